The molecule has 3 N–H and O–H groups in total. The molecule has 0 aliphatic carbocycles. The molecule has 0 atom stereocenters. The first-order chi connectivity index (χ1) is 7.51. The quantitative estimate of drug-likeness (QED) is 0.340. The van der Waals surface area contributed by atoms with Gasteiger partial charge in [0.05, 0.1) is 5.75 Å². The average Bonchev–Trinajstić information content (AvgIpc) is 2.17. The van der Waals surface area contributed by atoms with Crippen molar-refractivity contribution in [1.29, 1.82) is 5.26 Å². The van der Waals surface area contributed by atoms with E-state index < -0.39 is 15.9 Å². The number of rotatable bonds is 5. The normalized spacial score (nSPS) is 10.5. The summed E-state index contributed by atoms with van der Waals surface area (Å²) in [4.78, 5) is 11.0. The van der Waals surface area contributed by atoms with E-state index in [9.17, 15) is 8.42 Å². The Kier molecular flexibility index (Phi) is 3.92. The van der Waals surface area contributed by atoms with Gasteiger partial charge in [-0.1, -0.05) is 0 Å². The van der Waals surface area contributed by atoms with Crippen LogP contribution in [-0.2, 0) is 10.1 Å². The third kappa shape index (κ3) is 4.49. The number of nitriles is 1. The summed E-state index contributed by atoms with van der Waals surface area (Å²) in [5, 5.41) is 13.0. The molecule has 0 amide bonds. The third-order valence-corrected chi connectivity index (χ3v) is 2.10. The van der Waals surface area contributed by atoms with E-state index in [0.717, 1.165) is 6.33 Å². The summed E-state index contributed by atoms with van der Waals surface area (Å²) in [7, 11) is -4.02. The predicted molar refractivity (Wildman–Crippen MR) is 54.0 cm³/mol. The molecule has 86 valence electrons. The summed E-state index contributed by atoms with van der Waals surface area (Å²) in [6, 6.07) is 0. The molecule has 1 rings (SSSR count). The molecule has 0 saturated heterocycles. The van der Waals surface area contributed by atoms with Crippen LogP contribution in [-0.4, -0.2) is 40.2 Å². The second kappa shape index (κ2) is 5.19. The number of nitrogens with one attached hydrogen (secondary N) is 2. The number of hydrogen-bond donors (Lipinski definition) is 3. The number of hydrogen-bond acceptors (Lipinski definition) is 8. The molecule has 0 aliphatic rings. The van der Waals surface area contributed by atoms with Crippen LogP contribution >= 0.6 is 0 Å². The third-order valence-electron chi connectivity index (χ3n) is 1.38. The number of nitrogens with zero attached hydrogens (tertiary/aromatic N) is 4. The van der Waals surface area contributed by atoms with Crippen molar-refractivity contribution in [3.05, 3.63) is 6.33 Å². The Labute approximate surface area is 91.3 Å². The molecule has 9 nitrogen and oxygen atoms in total. The van der Waals surface area contributed by atoms with Gasteiger partial charge in [-0.2, -0.15) is 18.7 Å². The molecule has 0 unspecified atom stereocenters. The Hall–Kier alpha value is -1.99. The summed E-state index contributed by atoms with van der Waals surface area (Å²) >= 11 is 0. The monoisotopic (exact) mass is 244 g/mol. The standard InChI is InChI=1S/C6H8N6O3S/c7-3-9-6-11-4-10-5(12-6)8-1-2-16(13,14)15/h4H,1-2H2,(H,13,14,15)(H2,8,9,10,11,12). The topological polar surface area (TPSA) is 141 Å². The lowest BCUT2D eigenvalue weighted by Crippen LogP contribution is -2.16. The van der Waals surface area contributed by atoms with Crippen molar-refractivity contribution >= 4 is 22.0 Å². The summed E-state index contributed by atoms with van der Waals surface area (Å²) in [6.45, 7) is -0.0468. The maximum absolute atomic E-state index is 10.4. The van der Waals surface area contributed by atoms with Gasteiger partial charge in [-0.15, -0.1) is 0 Å². The first-order valence-corrected chi connectivity index (χ1v) is 5.65. The van der Waals surface area contributed by atoms with Gasteiger partial charge in [-0.25, -0.2) is 9.97 Å². The molecular weight excluding hydrogens is 236 g/mol. The van der Waals surface area contributed by atoms with Crippen LogP contribution in [0.15, 0.2) is 6.33 Å². The molecule has 16 heavy (non-hydrogen) atoms. The largest absolute Gasteiger partial charge is 0.353 e. The summed E-state index contributed by atoms with van der Waals surface area (Å²) in [5.74, 6) is -0.303. The molecule has 0 saturated carbocycles. The van der Waals surface area contributed by atoms with E-state index in [2.05, 4.69) is 25.6 Å². The molecule has 0 aromatic carbocycles. The van der Waals surface area contributed by atoms with Crippen LogP contribution in [0.4, 0.5) is 11.9 Å². The van der Waals surface area contributed by atoms with Crippen molar-refractivity contribution < 1.29 is 13.0 Å². The highest BCUT2D eigenvalue weighted by Gasteiger charge is 2.05. The zero-order valence-electron chi connectivity index (χ0n) is 7.95. The summed E-state index contributed by atoms with van der Waals surface area (Å²) < 4.78 is 29.3. The predicted octanol–water partition coefficient (Wildman–Crippen LogP) is -0.936. The first-order valence-electron chi connectivity index (χ1n) is 4.04. The Bertz CT molecular complexity index is 495. The molecule has 1 aromatic rings. The van der Waals surface area contributed by atoms with E-state index in [1.54, 1.807) is 6.19 Å². The van der Waals surface area contributed by atoms with E-state index >= 15 is 0 Å². The van der Waals surface area contributed by atoms with Crippen LogP contribution in [0.2, 0.25) is 0 Å². The van der Waals surface area contributed by atoms with Crippen LogP contribution in [0.25, 0.3) is 0 Å². The van der Waals surface area contributed by atoms with Crippen LogP contribution in [0.3, 0.4) is 0 Å². The van der Waals surface area contributed by atoms with Crippen molar-refractivity contribution in [2.75, 3.05) is 22.9 Å². The molecule has 1 aromatic heterocycles. The minimum Gasteiger partial charge on any atom is -0.353 e. The maximum Gasteiger partial charge on any atom is 0.266 e. The van der Waals surface area contributed by atoms with Crippen LogP contribution in [0, 0.1) is 11.5 Å². The van der Waals surface area contributed by atoms with Crippen molar-refractivity contribution in [3.63, 3.8) is 0 Å². The van der Waals surface area contributed by atoms with E-state index in [1.807, 2.05) is 0 Å². The van der Waals surface area contributed by atoms with E-state index in [1.165, 1.54) is 0 Å². The van der Waals surface area contributed by atoms with Gasteiger partial charge in [0.1, 0.15) is 6.33 Å². The fraction of sp³-hybridized carbons (Fsp3) is 0.333. The second-order valence-electron chi connectivity index (χ2n) is 2.58. The minimum absolute atomic E-state index is 0.0468. The first kappa shape index (κ1) is 12.1. The number of aromatic nitrogens is 3. The fourth-order valence-electron chi connectivity index (χ4n) is 0.783. The Morgan fingerprint density at radius 2 is 2.12 bits per heavy atom. The Morgan fingerprint density at radius 1 is 1.44 bits per heavy atom. The van der Waals surface area contributed by atoms with Gasteiger partial charge >= 0.3 is 0 Å². The average molecular weight is 244 g/mol. The van der Waals surface area contributed by atoms with Gasteiger partial charge in [-0.3, -0.25) is 9.87 Å². The van der Waals surface area contributed by atoms with E-state index in [0.29, 0.717) is 0 Å². The maximum atomic E-state index is 10.4. The Balaban J connectivity index is 2.55. The highest BCUT2D eigenvalue weighted by molar-refractivity contribution is 7.85. The van der Waals surface area contributed by atoms with Crippen LogP contribution in [0.1, 0.15) is 0 Å². The van der Waals surface area contributed by atoms with Crippen molar-refractivity contribution in [3.8, 4) is 6.19 Å². The molecule has 0 aliphatic heterocycles. The lowest BCUT2D eigenvalue weighted by atomic mass is 10.7. The minimum atomic E-state index is -4.02. The van der Waals surface area contributed by atoms with Crippen molar-refractivity contribution in [2.24, 2.45) is 0 Å². The molecule has 0 radical (unpaired) electrons. The van der Waals surface area contributed by atoms with E-state index in [4.69, 9.17) is 9.81 Å². The lowest BCUT2D eigenvalue weighted by molar-refractivity contribution is 0.484. The summed E-state index contributed by atoms with van der Waals surface area (Å²) in [6.07, 6.45) is 2.78. The van der Waals surface area contributed by atoms with Gasteiger partial charge in [-0.05, 0) is 0 Å². The fourth-order valence-corrected chi connectivity index (χ4v) is 1.14. The highest BCUT2D eigenvalue weighted by atomic mass is 32.2. The SMILES string of the molecule is N#CNc1ncnc(NCCS(=O)(=O)O)n1. The summed E-state index contributed by atoms with van der Waals surface area (Å²) in [5.41, 5.74) is 0. The molecule has 0 spiro atoms. The van der Waals surface area contributed by atoms with E-state index in [-0.39, 0.29) is 18.4 Å². The molecule has 0 bridgehead atoms. The molecule has 0 fully saturated rings. The van der Waals surface area contributed by atoms with Gasteiger partial charge < -0.3 is 5.32 Å². The highest BCUT2D eigenvalue weighted by Crippen LogP contribution is 2.00. The Morgan fingerprint density at radius 3 is 2.75 bits per heavy atom. The number of anilines is 2. The van der Waals surface area contributed by atoms with Crippen molar-refractivity contribution in [2.45, 2.75) is 0 Å². The second-order valence-corrected chi connectivity index (χ2v) is 4.15. The van der Waals surface area contributed by atoms with Gasteiger partial charge in [0.15, 0.2) is 6.19 Å². The van der Waals surface area contributed by atoms with Gasteiger partial charge in [0, 0.05) is 6.54 Å². The smallest absolute Gasteiger partial charge is 0.266 e. The molecule has 1 heterocycles. The van der Waals surface area contributed by atoms with Crippen LogP contribution < -0.4 is 10.6 Å². The zero-order valence-corrected chi connectivity index (χ0v) is 8.77. The van der Waals surface area contributed by atoms with Crippen LogP contribution in [0.5, 0.6) is 0 Å². The zero-order chi connectivity index (χ0) is 12.0. The van der Waals surface area contributed by atoms with Gasteiger partial charge in [0.25, 0.3) is 10.1 Å². The molecule has 10 heteroatoms. The lowest BCUT2D eigenvalue weighted by Gasteiger charge is -2.03. The molecular formula is C6H8N6O3S. The van der Waals surface area contributed by atoms with Gasteiger partial charge in [0.2, 0.25) is 11.9 Å². The van der Waals surface area contributed by atoms with Crippen molar-refractivity contribution in [1.82, 2.24) is 15.0 Å².